The zero-order chi connectivity index (χ0) is 15.4. The molecule has 4 nitrogen and oxygen atoms in total. The maximum atomic E-state index is 12.6. The minimum Gasteiger partial charge on any atom is -0.496 e. The number of aliphatic hydroxyl groups is 2. The molecule has 0 aliphatic heterocycles. The highest BCUT2D eigenvalue weighted by Gasteiger charge is 2.18. The minimum absolute atomic E-state index is 0.0608. The van der Waals surface area contributed by atoms with Crippen molar-refractivity contribution in [2.24, 2.45) is 0 Å². The standard InChI is InChI=1S/C17H18O4/c1-11-3-8-14(15(10-19)17(11)21-2)16(20)13-6-4-12(9-18)5-7-13/h3-8,18-19H,9-10H2,1-2H3. The molecule has 0 aliphatic carbocycles. The fourth-order valence-electron chi connectivity index (χ4n) is 2.32. The lowest BCUT2D eigenvalue weighted by molar-refractivity contribution is 0.103. The van der Waals surface area contributed by atoms with Gasteiger partial charge in [0.15, 0.2) is 5.78 Å². The molecule has 110 valence electrons. The number of aryl methyl sites for hydroxylation is 1. The van der Waals surface area contributed by atoms with Gasteiger partial charge < -0.3 is 14.9 Å². The van der Waals surface area contributed by atoms with Crippen molar-refractivity contribution in [2.45, 2.75) is 20.1 Å². The van der Waals surface area contributed by atoms with Gasteiger partial charge in [0, 0.05) is 16.7 Å². The Balaban J connectivity index is 2.47. The molecule has 2 N–H and O–H groups in total. The Morgan fingerprint density at radius 3 is 2.24 bits per heavy atom. The van der Waals surface area contributed by atoms with Crippen molar-refractivity contribution in [3.8, 4) is 5.75 Å². The smallest absolute Gasteiger partial charge is 0.193 e. The van der Waals surface area contributed by atoms with E-state index < -0.39 is 0 Å². The summed E-state index contributed by atoms with van der Waals surface area (Å²) >= 11 is 0. The Morgan fingerprint density at radius 1 is 1.05 bits per heavy atom. The molecular formula is C17H18O4. The Bertz CT molecular complexity index is 645. The molecule has 2 rings (SSSR count). The second kappa shape index (κ2) is 6.52. The normalized spacial score (nSPS) is 10.5. The summed E-state index contributed by atoms with van der Waals surface area (Å²) in [6, 6.07) is 10.2. The molecule has 0 amide bonds. The third-order valence-corrected chi connectivity index (χ3v) is 3.46. The number of methoxy groups -OCH3 is 1. The molecule has 0 aromatic heterocycles. The van der Waals surface area contributed by atoms with Crippen molar-refractivity contribution in [2.75, 3.05) is 7.11 Å². The van der Waals surface area contributed by atoms with Crippen molar-refractivity contribution in [1.82, 2.24) is 0 Å². The molecule has 2 aromatic carbocycles. The fraction of sp³-hybridized carbons (Fsp3) is 0.235. The lowest BCUT2D eigenvalue weighted by Gasteiger charge is -2.14. The summed E-state index contributed by atoms with van der Waals surface area (Å²) in [5, 5.41) is 18.6. The molecule has 0 atom stereocenters. The number of hydrogen-bond donors (Lipinski definition) is 2. The highest BCUT2D eigenvalue weighted by molar-refractivity contribution is 6.10. The number of ether oxygens (including phenoxy) is 1. The van der Waals surface area contributed by atoms with Crippen molar-refractivity contribution < 1.29 is 19.7 Å². The van der Waals surface area contributed by atoms with Crippen LogP contribution < -0.4 is 4.74 Å². The lowest BCUT2D eigenvalue weighted by atomic mass is 9.95. The Hall–Kier alpha value is -2.17. The summed E-state index contributed by atoms with van der Waals surface area (Å²) in [5.74, 6) is 0.358. The Morgan fingerprint density at radius 2 is 1.71 bits per heavy atom. The van der Waals surface area contributed by atoms with Crippen LogP contribution in [0, 0.1) is 6.92 Å². The quantitative estimate of drug-likeness (QED) is 0.827. The number of carbonyl (C=O) groups excluding carboxylic acids is 1. The van der Waals surface area contributed by atoms with Crippen molar-refractivity contribution in [3.05, 3.63) is 64.2 Å². The largest absolute Gasteiger partial charge is 0.496 e. The van der Waals surface area contributed by atoms with Crippen LogP contribution in [0.2, 0.25) is 0 Å². The van der Waals surface area contributed by atoms with Crippen LogP contribution in [0.5, 0.6) is 5.75 Å². The second-order valence-corrected chi connectivity index (χ2v) is 4.78. The van der Waals surface area contributed by atoms with Gasteiger partial charge in [0.2, 0.25) is 0 Å². The van der Waals surface area contributed by atoms with E-state index in [-0.39, 0.29) is 19.0 Å². The maximum Gasteiger partial charge on any atom is 0.193 e. The molecule has 0 saturated carbocycles. The van der Waals surface area contributed by atoms with Crippen LogP contribution in [0.15, 0.2) is 36.4 Å². The second-order valence-electron chi connectivity index (χ2n) is 4.78. The number of carbonyl (C=O) groups is 1. The van der Waals surface area contributed by atoms with Gasteiger partial charge in [0.1, 0.15) is 5.75 Å². The van der Waals surface area contributed by atoms with E-state index in [2.05, 4.69) is 0 Å². The molecule has 0 aliphatic rings. The van der Waals surface area contributed by atoms with Gasteiger partial charge in [-0.15, -0.1) is 0 Å². The highest BCUT2D eigenvalue weighted by Crippen LogP contribution is 2.28. The number of rotatable bonds is 5. The van der Waals surface area contributed by atoms with Crippen LogP contribution in [0.4, 0.5) is 0 Å². The predicted molar refractivity (Wildman–Crippen MR) is 79.5 cm³/mol. The number of ketones is 1. The first-order valence-corrected chi connectivity index (χ1v) is 6.64. The first kappa shape index (κ1) is 15.2. The first-order valence-electron chi connectivity index (χ1n) is 6.64. The summed E-state index contributed by atoms with van der Waals surface area (Å²) in [6.45, 7) is 1.54. The van der Waals surface area contributed by atoms with Crippen molar-refractivity contribution >= 4 is 5.78 Å². The third kappa shape index (κ3) is 2.96. The number of benzene rings is 2. The monoisotopic (exact) mass is 286 g/mol. The molecule has 0 heterocycles. The topological polar surface area (TPSA) is 66.8 Å². The molecule has 0 bridgehead atoms. The van der Waals surface area contributed by atoms with Crippen molar-refractivity contribution in [1.29, 1.82) is 0 Å². The molecule has 0 spiro atoms. The molecule has 4 heteroatoms. The van der Waals surface area contributed by atoms with Gasteiger partial charge in [-0.1, -0.05) is 36.4 Å². The van der Waals surface area contributed by atoms with Gasteiger partial charge in [-0.05, 0) is 18.1 Å². The first-order chi connectivity index (χ1) is 10.1. The number of aliphatic hydroxyl groups excluding tert-OH is 2. The van der Waals surface area contributed by atoms with Gasteiger partial charge in [-0.3, -0.25) is 4.79 Å². The van der Waals surface area contributed by atoms with E-state index in [0.29, 0.717) is 22.4 Å². The fourth-order valence-corrected chi connectivity index (χ4v) is 2.32. The average molecular weight is 286 g/mol. The van der Waals surface area contributed by atoms with Gasteiger partial charge in [-0.2, -0.15) is 0 Å². The Kier molecular flexibility index (Phi) is 4.73. The molecule has 0 saturated heterocycles. The zero-order valence-corrected chi connectivity index (χ0v) is 12.1. The van der Waals surface area contributed by atoms with E-state index in [4.69, 9.17) is 9.84 Å². The third-order valence-electron chi connectivity index (χ3n) is 3.46. The van der Waals surface area contributed by atoms with E-state index in [9.17, 15) is 9.90 Å². The zero-order valence-electron chi connectivity index (χ0n) is 12.1. The van der Waals surface area contributed by atoms with Crippen LogP contribution in [0.1, 0.15) is 32.6 Å². The van der Waals surface area contributed by atoms with Gasteiger partial charge in [0.05, 0.1) is 20.3 Å². The molecule has 0 unspecified atom stereocenters. The lowest BCUT2D eigenvalue weighted by Crippen LogP contribution is -2.08. The number of hydrogen-bond acceptors (Lipinski definition) is 4. The molecule has 2 aromatic rings. The summed E-state index contributed by atoms with van der Waals surface area (Å²) < 4.78 is 5.28. The predicted octanol–water partition coefficient (Wildman–Crippen LogP) is 2.22. The average Bonchev–Trinajstić information content (AvgIpc) is 2.53. The SMILES string of the molecule is COc1c(C)ccc(C(=O)c2ccc(CO)cc2)c1CO. The van der Waals surface area contributed by atoms with Crippen LogP contribution in [0.3, 0.4) is 0 Å². The van der Waals surface area contributed by atoms with E-state index >= 15 is 0 Å². The van der Waals surface area contributed by atoms with Crippen LogP contribution in [-0.2, 0) is 13.2 Å². The maximum absolute atomic E-state index is 12.6. The van der Waals surface area contributed by atoms with Crippen LogP contribution in [0.25, 0.3) is 0 Å². The molecule has 0 radical (unpaired) electrons. The Labute approximate surface area is 123 Å². The van der Waals surface area contributed by atoms with Gasteiger partial charge in [-0.25, -0.2) is 0 Å². The van der Waals surface area contributed by atoms with Crippen molar-refractivity contribution in [3.63, 3.8) is 0 Å². The summed E-state index contributed by atoms with van der Waals surface area (Å²) in [7, 11) is 1.52. The van der Waals surface area contributed by atoms with E-state index in [0.717, 1.165) is 11.1 Å². The molecule has 21 heavy (non-hydrogen) atoms. The van der Waals surface area contributed by atoms with Crippen LogP contribution in [-0.4, -0.2) is 23.1 Å². The van der Waals surface area contributed by atoms with Gasteiger partial charge >= 0.3 is 0 Å². The van der Waals surface area contributed by atoms with E-state index in [1.54, 1.807) is 36.4 Å². The van der Waals surface area contributed by atoms with Gasteiger partial charge in [0.25, 0.3) is 0 Å². The summed E-state index contributed by atoms with van der Waals surface area (Å²) in [6.07, 6.45) is 0. The highest BCUT2D eigenvalue weighted by atomic mass is 16.5. The molecule has 0 fully saturated rings. The van der Waals surface area contributed by atoms with E-state index in [1.165, 1.54) is 7.11 Å². The van der Waals surface area contributed by atoms with Crippen LogP contribution >= 0.6 is 0 Å². The molecular weight excluding hydrogens is 268 g/mol. The summed E-state index contributed by atoms with van der Waals surface area (Å²) in [4.78, 5) is 12.6. The van der Waals surface area contributed by atoms with E-state index in [1.807, 2.05) is 6.92 Å². The summed E-state index contributed by atoms with van der Waals surface area (Å²) in [5.41, 5.74) is 3.04. The minimum atomic E-state index is -0.263.